The Morgan fingerprint density at radius 1 is 1.00 bits per heavy atom. The number of carbonyl (C=O) groups excluding carboxylic acids is 4. The minimum Gasteiger partial charge on any atom is -0.452 e. The maximum Gasteiger partial charge on any atom is 0.338 e. The molecule has 3 amide bonds. The van der Waals surface area contributed by atoms with Crippen molar-refractivity contribution in [3.63, 3.8) is 0 Å². The van der Waals surface area contributed by atoms with Gasteiger partial charge in [-0.1, -0.05) is 35.9 Å². The summed E-state index contributed by atoms with van der Waals surface area (Å²) in [5.74, 6) is -1.95. The van der Waals surface area contributed by atoms with Crippen LogP contribution >= 0.6 is 0 Å². The second-order valence-electron chi connectivity index (χ2n) is 9.00. The van der Waals surface area contributed by atoms with Crippen molar-refractivity contribution >= 4 is 35.1 Å². The fourth-order valence-corrected chi connectivity index (χ4v) is 5.28. The van der Waals surface area contributed by atoms with Crippen molar-refractivity contribution in [2.75, 3.05) is 16.8 Å². The van der Waals surface area contributed by atoms with Gasteiger partial charge in [-0.25, -0.2) is 9.69 Å². The Bertz CT molecular complexity index is 1190. The van der Waals surface area contributed by atoms with E-state index in [1.807, 2.05) is 38.1 Å². The SMILES string of the molecule is Cc1ccc(NC(=O)COC(=O)c2cccc(N3C(=O)[C@@H]4[C@@H](C3=O)[C@H]3C=C[C@H]4C3)c2)c(C)c1. The van der Waals surface area contributed by atoms with E-state index in [4.69, 9.17) is 4.74 Å². The molecule has 0 aromatic heterocycles. The van der Waals surface area contributed by atoms with E-state index in [2.05, 4.69) is 5.32 Å². The molecule has 5 rings (SSSR count). The van der Waals surface area contributed by atoms with Crippen LogP contribution in [0.15, 0.2) is 54.6 Å². The molecule has 3 aliphatic rings. The number of nitrogens with one attached hydrogen (secondary N) is 1. The van der Waals surface area contributed by atoms with Crippen molar-refractivity contribution in [2.45, 2.75) is 20.3 Å². The molecule has 1 saturated carbocycles. The van der Waals surface area contributed by atoms with Crippen molar-refractivity contribution < 1.29 is 23.9 Å². The monoisotopic (exact) mass is 444 g/mol. The third-order valence-electron chi connectivity index (χ3n) is 6.80. The number of ether oxygens (including phenoxy) is 1. The van der Waals surface area contributed by atoms with Crippen LogP contribution in [0.4, 0.5) is 11.4 Å². The number of allylic oxidation sites excluding steroid dienone is 2. The van der Waals surface area contributed by atoms with Gasteiger partial charge in [0, 0.05) is 5.69 Å². The van der Waals surface area contributed by atoms with Crippen LogP contribution in [-0.2, 0) is 19.1 Å². The summed E-state index contributed by atoms with van der Waals surface area (Å²) < 4.78 is 5.17. The van der Waals surface area contributed by atoms with Crippen LogP contribution < -0.4 is 10.2 Å². The third kappa shape index (κ3) is 3.63. The lowest BCUT2D eigenvalue weighted by Crippen LogP contribution is -2.33. The zero-order chi connectivity index (χ0) is 23.3. The lowest BCUT2D eigenvalue weighted by Gasteiger charge is -2.18. The van der Waals surface area contributed by atoms with Crippen LogP contribution in [-0.4, -0.2) is 30.3 Å². The number of hydrogen-bond donors (Lipinski definition) is 1. The van der Waals surface area contributed by atoms with Gasteiger partial charge in [-0.05, 0) is 61.9 Å². The first-order chi connectivity index (χ1) is 15.8. The Labute approximate surface area is 191 Å². The van der Waals surface area contributed by atoms with Gasteiger partial charge < -0.3 is 10.1 Å². The zero-order valence-corrected chi connectivity index (χ0v) is 18.4. The van der Waals surface area contributed by atoms with Crippen molar-refractivity contribution in [1.29, 1.82) is 0 Å². The average molecular weight is 444 g/mol. The largest absolute Gasteiger partial charge is 0.452 e. The van der Waals surface area contributed by atoms with Gasteiger partial charge in [-0.2, -0.15) is 0 Å². The Balaban J connectivity index is 1.25. The second-order valence-corrected chi connectivity index (χ2v) is 9.00. The average Bonchev–Trinajstić information content (AvgIpc) is 3.48. The number of hydrogen-bond acceptors (Lipinski definition) is 5. The summed E-state index contributed by atoms with van der Waals surface area (Å²) in [5.41, 5.74) is 3.18. The van der Waals surface area contributed by atoms with Gasteiger partial charge in [0.15, 0.2) is 6.61 Å². The molecule has 2 aliphatic carbocycles. The van der Waals surface area contributed by atoms with Crippen LogP contribution in [0.3, 0.4) is 0 Å². The summed E-state index contributed by atoms with van der Waals surface area (Å²) in [7, 11) is 0. The highest BCUT2D eigenvalue weighted by molar-refractivity contribution is 6.23. The smallest absolute Gasteiger partial charge is 0.338 e. The van der Waals surface area contributed by atoms with E-state index >= 15 is 0 Å². The fourth-order valence-electron chi connectivity index (χ4n) is 5.28. The highest BCUT2D eigenvalue weighted by Crippen LogP contribution is 2.53. The lowest BCUT2D eigenvalue weighted by molar-refractivity contribution is -0.123. The molecule has 33 heavy (non-hydrogen) atoms. The zero-order valence-electron chi connectivity index (χ0n) is 18.4. The van der Waals surface area contributed by atoms with E-state index in [0.29, 0.717) is 11.4 Å². The number of amides is 3. The van der Waals surface area contributed by atoms with E-state index in [9.17, 15) is 19.2 Å². The number of anilines is 2. The van der Waals surface area contributed by atoms with E-state index in [1.165, 1.54) is 17.0 Å². The summed E-state index contributed by atoms with van der Waals surface area (Å²) >= 11 is 0. The molecule has 7 heteroatoms. The maximum atomic E-state index is 13.0. The molecule has 2 fully saturated rings. The molecular formula is C26H24N2O5. The molecular weight excluding hydrogens is 420 g/mol. The quantitative estimate of drug-likeness (QED) is 0.433. The Morgan fingerprint density at radius 3 is 2.36 bits per heavy atom. The molecule has 1 N–H and O–H groups in total. The van der Waals surface area contributed by atoms with E-state index in [0.717, 1.165) is 17.5 Å². The molecule has 1 heterocycles. The molecule has 4 atom stereocenters. The number of fused-ring (bicyclic) bond motifs is 5. The van der Waals surface area contributed by atoms with Crippen LogP contribution in [0, 0.1) is 37.5 Å². The fraction of sp³-hybridized carbons (Fsp3) is 0.308. The van der Waals surface area contributed by atoms with Gasteiger partial charge in [0.1, 0.15) is 0 Å². The van der Waals surface area contributed by atoms with E-state index < -0.39 is 18.5 Å². The van der Waals surface area contributed by atoms with Crippen molar-refractivity contribution in [1.82, 2.24) is 0 Å². The summed E-state index contributed by atoms with van der Waals surface area (Å²) in [4.78, 5) is 52.0. The van der Waals surface area contributed by atoms with Gasteiger partial charge in [-0.15, -0.1) is 0 Å². The topological polar surface area (TPSA) is 92.8 Å². The van der Waals surface area contributed by atoms with E-state index in [1.54, 1.807) is 18.2 Å². The van der Waals surface area contributed by atoms with Crippen molar-refractivity contribution in [3.8, 4) is 0 Å². The molecule has 7 nitrogen and oxygen atoms in total. The number of imide groups is 1. The van der Waals surface area contributed by atoms with Crippen molar-refractivity contribution in [3.05, 3.63) is 71.3 Å². The normalized spacial score (nSPS) is 24.8. The molecule has 2 bridgehead atoms. The molecule has 2 aromatic rings. The number of benzene rings is 2. The lowest BCUT2D eigenvalue weighted by atomic mass is 9.85. The highest BCUT2D eigenvalue weighted by Gasteiger charge is 2.59. The standard InChI is InChI=1S/C26H24N2O5/c1-14-6-9-20(15(2)10-14)27-21(29)13-33-26(32)18-4-3-5-19(12-18)28-24(30)22-16-7-8-17(11-16)23(22)25(28)31/h3-10,12,16-17,22-23H,11,13H2,1-2H3,(H,27,29)/t16-,17-,22-,23-/m0/s1. The van der Waals surface area contributed by atoms with Crippen LogP contribution in [0.5, 0.6) is 0 Å². The number of rotatable bonds is 5. The maximum absolute atomic E-state index is 13.0. The van der Waals surface area contributed by atoms with Crippen LogP contribution in [0.25, 0.3) is 0 Å². The summed E-state index contributed by atoms with van der Waals surface area (Å²) in [6.07, 6.45) is 4.94. The van der Waals surface area contributed by atoms with Crippen LogP contribution in [0.2, 0.25) is 0 Å². The Kier molecular flexibility index (Phi) is 5.12. The van der Waals surface area contributed by atoms with Gasteiger partial charge in [-0.3, -0.25) is 14.4 Å². The number of aryl methyl sites for hydroxylation is 2. The highest BCUT2D eigenvalue weighted by atomic mass is 16.5. The number of carbonyl (C=O) groups is 4. The summed E-state index contributed by atoms with van der Waals surface area (Å²) in [6.45, 7) is 3.40. The predicted octanol–water partition coefficient (Wildman–Crippen LogP) is 3.41. The molecule has 168 valence electrons. The number of nitrogens with zero attached hydrogens (tertiary/aromatic N) is 1. The minimum absolute atomic E-state index is 0.116. The summed E-state index contributed by atoms with van der Waals surface area (Å²) in [5, 5.41) is 2.73. The molecule has 0 spiro atoms. The van der Waals surface area contributed by atoms with E-state index in [-0.39, 0.29) is 41.0 Å². The second kappa shape index (κ2) is 7.99. The number of esters is 1. The van der Waals surface area contributed by atoms with Crippen molar-refractivity contribution in [2.24, 2.45) is 23.7 Å². The van der Waals surface area contributed by atoms with Gasteiger partial charge >= 0.3 is 5.97 Å². The Morgan fingerprint density at radius 2 is 1.70 bits per heavy atom. The Hall–Kier alpha value is -3.74. The minimum atomic E-state index is -0.700. The summed E-state index contributed by atoms with van der Waals surface area (Å²) in [6, 6.07) is 11.9. The molecule has 0 unspecified atom stereocenters. The molecule has 0 radical (unpaired) electrons. The third-order valence-corrected chi connectivity index (χ3v) is 6.80. The predicted molar refractivity (Wildman–Crippen MR) is 121 cm³/mol. The molecule has 1 saturated heterocycles. The molecule has 2 aromatic carbocycles. The van der Waals surface area contributed by atoms with Gasteiger partial charge in [0.2, 0.25) is 11.8 Å². The first-order valence-corrected chi connectivity index (χ1v) is 11.0. The van der Waals surface area contributed by atoms with Crippen LogP contribution in [0.1, 0.15) is 27.9 Å². The molecule has 1 aliphatic heterocycles. The first kappa shape index (κ1) is 21.1. The van der Waals surface area contributed by atoms with Gasteiger partial charge in [0.25, 0.3) is 5.91 Å². The van der Waals surface area contributed by atoms with Gasteiger partial charge in [0.05, 0.1) is 23.1 Å². The first-order valence-electron chi connectivity index (χ1n) is 11.0.